The average Bonchev–Trinajstić information content (AvgIpc) is 1.85. The highest BCUT2D eigenvalue weighted by Crippen LogP contribution is 2.05. The summed E-state index contributed by atoms with van der Waals surface area (Å²) in [4.78, 5) is 10.7. The summed E-state index contributed by atoms with van der Waals surface area (Å²) in [6.45, 7) is 4.16. The number of hydrogen-bond donors (Lipinski definition) is 1. The van der Waals surface area contributed by atoms with Crippen molar-refractivity contribution in [3.05, 3.63) is 0 Å². The Hall–Kier alpha value is -0.570. The molecule has 0 amide bonds. The third-order valence-corrected chi connectivity index (χ3v) is 1.43. The number of ether oxygens (including phenoxy) is 1. The van der Waals surface area contributed by atoms with Crippen molar-refractivity contribution < 1.29 is 9.53 Å². The molecule has 0 unspecified atom stereocenters. The van der Waals surface area contributed by atoms with Crippen molar-refractivity contribution >= 4 is 5.97 Å². The van der Waals surface area contributed by atoms with Crippen LogP contribution in [0.15, 0.2) is 0 Å². The minimum Gasteiger partial charge on any atom is -0.469 e. The van der Waals surface area contributed by atoms with Crippen LogP contribution in [-0.2, 0) is 9.53 Å². The zero-order chi connectivity index (χ0) is 8.85. The van der Waals surface area contributed by atoms with Gasteiger partial charge in [0.15, 0.2) is 0 Å². The smallest absolute Gasteiger partial charge is 0.307 e. The van der Waals surface area contributed by atoms with Crippen LogP contribution in [0, 0.1) is 5.92 Å². The molecular formula is C8H17NO2. The van der Waals surface area contributed by atoms with Crippen LogP contribution in [0.4, 0.5) is 0 Å². The van der Waals surface area contributed by atoms with Gasteiger partial charge in [-0.15, -0.1) is 0 Å². The van der Waals surface area contributed by atoms with Crippen LogP contribution >= 0.6 is 0 Å². The maximum absolute atomic E-state index is 10.7. The summed E-state index contributed by atoms with van der Waals surface area (Å²) in [7, 11) is 1.38. The fourth-order valence-electron chi connectivity index (χ4n) is 0.986. The Bertz CT molecular complexity index is 123. The highest BCUT2D eigenvalue weighted by atomic mass is 16.5. The Morgan fingerprint density at radius 1 is 1.55 bits per heavy atom. The monoisotopic (exact) mass is 159 g/mol. The number of nitrogens with two attached hydrogens (primary N) is 1. The zero-order valence-corrected chi connectivity index (χ0v) is 7.46. The molecule has 0 saturated carbocycles. The van der Waals surface area contributed by atoms with E-state index in [-0.39, 0.29) is 12.0 Å². The number of methoxy groups -OCH3 is 1. The lowest BCUT2D eigenvalue weighted by Gasteiger charge is -2.11. The molecule has 0 heterocycles. The molecule has 11 heavy (non-hydrogen) atoms. The fourth-order valence-corrected chi connectivity index (χ4v) is 0.986. The minimum absolute atomic E-state index is 0.0533. The van der Waals surface area contributed by atoms with E-state index in [1.54, 1.807) is 0 Å². The Kier molecular flexibility index (Phi) is 4.86. The zero-order valence-electron chi connectivity index (χ0n) is 7.46. The van der Waals surface area contributed by atoms with Gasteiger partial charge in [-0.3, -0.25) is 4.79 Å². The molecule has 0 saturated heterocycles. The van der Waals surface area contributed by atoms with Gasteiger partial charge in [0.2, 0.25) is 0 Å². The standard InChI is InChI=1S/C8H17NO2/c1-6(2)4-7(9)5-8(10)11-3/h6-7H,4-5,9H2,1-3H3/t7-/m0/s1. The minimum atomic E-state index is -0.224. The summed E-state index contributed by atoms with van der Waals surface area (Å²) in [6, 6.07) is -0.0533. The molecule has 3 nitrogen and oxygen atoms in total. The summed E-state index contributed by atoms with van der Waals surface area (Å²) < 4.78 is 4.48. The van der Waals surface area contributed by atoms with Crippen molar-refractivity contribution in [1.82, 2.24) is 0 Å². The quantitative estimate of drug-likeness (QED) is 0.621. The lowest BCUT2D eigenvalue weighted by Crippen LogP contribution is -2.25. The second-order valence-corrected chi connectivity index (χ2v) is 3.17. The molecule has 0 radical (unpaired) electrons. The van der Waals surface area contributed by atoms with Gasteiger partial charge in [-0.1, -0.05) is 13.8 Å². The first-order chi connectivity index (χ1) is 5.06. The van der Waals surface area contributed by atoms with Crippen LogP contribution in [0.2, 0.25) is 0 Å². The predicted molar refractivity (Wildman–Crippen MR) is 44.1 cm³/mol. The van der Waals surface area contributed by atoms with E-state index in [1.165, 1.54) is 7.11 Å². The molecule has 0 aromatic heterocycles. The first-order valence-corrected chi connectivity index (χ1v) is 3.88. The van der Waals surface area contributed by atoms with E-state index in [2.05, 4.69) is 18.6 Å². The molecule has 3 heteroatoms. The van der Waals surface area contributed by atoms with Gasteiger partial charge in [-0.05, 0) is 12.3 Å². The SMILES string of the molecule is COC(=O)C[C@@H](N)CC(C)C. The van der Waals surface area contributed by atoms with Gasteiger partial charge in [0, 0.05) is 6.04 Å². The van der Waals surface area contributed by atoms with Gasteiger partial charge in [0.25, 0.3) is 0 Å². The maximum Gasteiger partial charge on any atom is 0.307 e. The molecule has 0 aromatic rings. The first kappa shape index (κ1) is 10.4. The lowest BCUT2D eigenvalue weighted by molar-refractivity contribution is -0.141. The van der Waals surface area contributed by atoms with Gasteiger partial charge < -0.3 is 10.5 Å². The largest absolute Gasteiger partial charge is 0.469 e. The van der Waals surface area contributed by atoms with E-state index < -0.39 is 0 Å². The summed E-state index contributed by atoms with van der Waals surface area (Å²) in [5.41, 5.74) is 5.65. The molecule has 0 aromatic carbocycles. The number of carbonyl (C=O) groups is 1. The van der Waals surface area contributed by atoms with E-state index >= 15 is 0 Å². The molecule has 0 aliphatic rings. The normalized spacial score (nSPS) is 13.2. The predicted octanol–water partition coefficient (Wildman–Crippen LogP) is 0.923. The van der Waals surface area contributed by atoms with Crippen molar-refractivity contribution in [2.45, 2.75) is 32.7 Å². The topological polar surface area (TPSA) is 52.3 Å². The van der Waals surface area contributed by atoms with E-state index in [9.17, 15) is 4.79 Å². The van der Waals surface area contributed by atoms with E-state index in [4.69, 9.17) is 5.73 Å². The molecule has 0 bridgehead atoms. The molecule has 2 N–H and O–H groups in total. The maximum atomic E-state index is 10.7. The number of hydrogen-bond acceptors (Lipinski definition) is 3. The average molecular weight is 159 g/mol. The fraction of sp³-hybridized carbons (Fsp3) is 0.875. The summed E-state index contributed by atoms with van der Waals surface area (Å²) >= 11 is 0. The molecule has 0 spiro atoms. The first-order valence-electron chi connectivity index (χ1n) is 3.88. The van der Waals surface area contributed by atoms with Crippen molar-refractivity contribution in [3.63, 3.8) is 0 Å². The van der Waals surface area contributed by atoms with Gasteiger partial charge in [0.05, 0.1) is 13.5 Å². The number of carbonyl (C=O) groups excluding carboxylic acids is 1. The van der Waals surface area contributed by atoms with Crippen molar-refractivity contribution in [1.29, 1.82) is 0 Å². The van der Waals surface area contributed by atoms with E-state index in [0.29, 0.717) is 12.3 Å². The van der Waals surface area contributed by atoms with Crippen LogP contribution in [0.5, 0.6) is 0 Å². The van der Waals surface area contributed by atoms with Crippen molar-refractivity contribution in [2.75, 3.05) is 7.11 Å². The summed E-state index contributed by atoms with van der Waals surface area (Å²) in [5, 5.41) is 0. The second kappa shape index (κ2) is 5.13. The Labute approximate surface area is 67.9 Å². The highest BCUT2D eigenvalue weighted by Gasteiger charge is 2.10. The Morgan fingerprint density at radius 3 is 2.45 bits per heavy atom. The Balaban J connectivity index is 3.51. The third-order valence-electron chi connectivity index (χ3n) is 1.43. The molecule has 1 atom stereocenters. The number of esters is 1. The van der Waals surface area contributed by atoms with E-state index in [1.807, 2.05) is 0 Å². The van der Waals surface area contributed by atoms with Crippen molar-refractivity contribution in [2.24, 2.45) is 11.7 Å². The highest BCUT2D eigenvalue weighted by molar-refractivity contribution is 5.69. The molecular weight excluding hydrogens is 142 g/mol. The molecule has 0 fully saturated rings. The Morgan fingerprint density at radius 2 is 2.09 bits per heavy atom. The van der Waals surface area contributed by atoms with Gasteiger partial charge >= 0.3 is 5.97 Å². The van der Waals surface area contributed by atoms with E-state index in [0.717, 1.165) is 6.42 Å². The summed E-state index contributed by atoms with van der Waals surface area (Å²) in [5.74, 6) is 0.313. The van der Waals surface area contributed by atoms with Crippen LogP contribution in [0.25, 0.3) is 0 Å². The van der Waals surface area contributed by atoms with Gasteiger partial charge in [-0.25, -0.2) is 0 Å². The molecule has 0 aliphatic carbocycles. The van der Waals surface area contributed by atoms with Crippen molar-refractivity contribution in [3.8, 4) is 0 Å². The number of rotatable bonds is 4. The van der Waals surface area contributed by atoms with Gasteiger partial charge in [-0.2, -0.15) is 0 Å². The molecule has 0 rings (SSSR count). The van der Waals surface area contributed by atoms with Crippen LogP contribution in [0.3, 0.4) is 0 Å². The third kappa shape index (κ3) is 5.85. The lowest BCUT2D eigenvalue weighted by atomic mass is 10.0. The van der Waals surface area contributed by atoms with Gasteiger partial charge in [0.1, 0.15) is 0 Å². The molecule has 0 aliphatic heterocycles. The van der Waals surface area contributed by atoms with Crippen LogP contribution < -0.4 is 5.73 Å². The van der Waals surface area contributed by atoms with Crippen LogP contribution in [-0.4, -0.2) is 19.1 Å². The summed E-state index contributed by atoms with van der Waals surface area (Å²) in [6.07, 6.45) is 1.20. The van der Waals surface area contributed by atoms with Crippen LogP contribution in [0.1, 0.15) is 26.7 Å². The second-order valence-electron chi connectivity index (χ2n) is 3.17. The molecule has 66 valence electrons.